The summed E-state index contributed by atoms with van der Waals surface area (Å²) in [5.41, 5.74) is 1.48. The van der Waals surface area contributed by atoms with Crippen molar-refractivity contribution in [1.82, 2.24) is 9.78 Å². The van der Waals surface area contributed by atoms with Crippen LogP contribution in [-0.4, -0.2) is 15.7 Å². The molecule has 1 N–H and O–H groups in total. The quantitative estimate of drug-likeness (QED) is 0.716. The summed E-state index contributed by atoms with van der Waals surface area (Å²) in [6.45, 7) is 2.00. The highest BCUT2D eigenvalue weighted by molar-refractivity contribution is 7.13. The lowest BCUT2D eigenvalue weighted by Gasteiger charge is -2.08. The Bertz CT molecular complexity index is 967. The van der Waals surface area contributed by atoms with Crippen LogP contribution in [0.25, 0.3) is 10.6 Å². The van der Waals surface area contributed by atoms with Crippen molar-refractivity contribution >= 4 is 22.9 Å². The van der Waals surface area contributed by atoms with Crippen molar-refractivity contribution in [2.45, 2.75) is 26.3 Å². The molecule has 0 bridgehead atoms. The van der Waals surface area contributed by atoms with E-state index in [1.807, 2.05) is 17.5 Å². The predicted molar refractivity (Wildman–Crippen MR) is 101 cm³/mol. The molecule has 0 unspecified atom stereocenters. The maximum Gasteiger partial charge on any atom is 0.266 e. The van der Waals surface area contributed by atoms with Gasteiger partial charge in [-0.1, -0.05) is 12.1 Å². The number of nitrogens with one attached hydrogen (secondary N) is 1. The fourth-order valence-electron chi connectivity index (χ4n) is 2.45. The van der Waals surface area contributed by atoms with E-state index < -0.39 is 0 Å². The molecule has 2 heterocycles. The van der Waals surface area contributed by atoms with Crippen molar-refractivity contribution in [3.63, 3.8) is 0 Å². The number of carbonyl (C=O) groups excluding carboxylic acids is 1. The van der Waals surface area contributed by atoms with Crippen LogP contribution >= 0.6 is 11.3 Å². The number of anilines is 1. The standard InChI is InChI=1S/C19H18FN3O2S/c1-13-6-7-14(12-15(13)20)21-18(24)5-2-10-23-19(25)9-8-16(22-23)17-4-3-11-26-17/h3-4,6-9,11-12H,2,5,10H2,1H3,(H,21,24). The lowest BCUT2D eigenvalue weighted by molar-refractivity contribution is -0.116. The molecule has 134 valence electrons. The molecule has 5 nitrogen and oxygen atoms in total. The fourth-order valence-corrected chi connectivity index (χ4v) is 3.14. The molecule has 0 saturated heterocycles. The van der Waals surface area contributed by atoms with Gasteiger partial charge in [-0.15, -0.1) is 11.3 Å². The smallest absolute Gasteiger partial charge is 0.266 e. The van der Waals surface area contributed by atoms with E-state index in [0.29, 0.717) is 24.2 Å². The van der Waals surface area contributed by atoms with Crippen molar-refractivity contribution in [2.75, 3.05) is 5.32 Å². The molecule has 0 aliphatic heterocycles. The van der Waals surface area contributed by atoms with Gasteiger partial charge in [-0.3, -0.25) is 9.59 Å². The SMILES string of the molecule is Cc1ccc(NC(=O)CCCn2nc(-c3cccs3)ccc2=O)cc1F. The average molecular weight is 371 g/mol. The number of amides is 1. The minimum absolute atomic E-state index is 0.202. The third-order valence-corrected chi connectivity index (χ3v) is 4.76. The number of thiophene rings is 1. The number of carbonyl (C=O) groups is 1. The Kier molecular flexibility index (Phi) is 5.58. The number of aryl methyl sites for hydroxylation is 2. The van der Waals surface area contributed by atoms with Crippen LogP contribution < -0.4 is 10.9 Å². The number of hydrogen-bond acceptors (Lipinski definition) is 4. The molecule has 3 aromatic rings. The molecule has 0 aliphatic rings. The van der Waals surface area contributed by atoms with E-state index in [9.17, 15) is 14.0 Å². The minimum Gasteiger partial charge on any atom is -0.326 e. The second-order valence-electron chi connectivity index (χ2n) is 5.87. The molecule has 7 heteroatoms. The minimum atomic E-state index is -0.357. The summed E-state index contributed by atoms with van der Waals surface area (Å²) in [6, 6.07) is 11.6. The maximum absolute atomic E-state index is 13.5. The van der Waals surface area contributed by atoms with Gasteiger partial charge in [-0.2, -0.15) is 5.10 Å². The highest BCUT2D eigenvalue weighted by atomic mass is 32.1. The van der Waals surface area contributed by atoms with Gasteiger partial charge in [0.1, 0.15) is 11.5 Å². The third kappa shape index (κ3) is 4.43. The van der Waals surface area contributed by atoms with Gasteiger partial charge >= 0.3 is 0 Å². The first-order valence-corrected chi connectivity index (χ1v) is 9.09. The first-order valence-electron chi connectivity index (χ1n) is 8.21. The van der Waals surface area contributed by atoms with E-state index >= 15 is 0 Å². The lowest BCUT2D eigenvalue weighted by Crippen LogP contribution is -2.23. The Labute approximate surface area is 154 Å². The van der Waals surface area contributed by atoms with Gasteiger partial charge < -0.3 is 5.32 Å². The molecular weight excluding hydrogens is 353 g/mol. The van der Waals surface area contributed by atoms with Gasteiger partial charge in [0.25, 0.3) is 5.56 Å². The molecule has 0 radical (unpaired) electrons. The molecule has 0 atom stereocenters. The maximum atomic E-state index is 13.5. The summed E-state index contributed by atoms with van der Waals surface area (Å²) in [4.78, 5) is 24.9. The molecule has 3 rings (SSSR count). The molecule has 2 aromatic heterocycles. The van der Waals surface area contributed by atoms with Gasteiger partial charge in [0.15, 0.2) is 0 Å². The summed E-state index contributed by atoms with van der Waals surface area (Å²) in [7, 11) is 0. The van der Waals surface area contributed by atoms with Gasteiger partial charge in [-0.05, 0) is 48.6 Å². The lowest BCUT2D eigenvalue weighted by atomic mass is 10.2. The number of hydrogen-bond donors (Lipinski definition) is 1. The summed E-state index contributed by atoms with van der Waals surface area (Å²) in [5.74, 6) is -0.584. The number of nitrogens with zero attached hydrogens (tertiary/aromatic N) is 2. The summed E-state index contributed by atoms with van der Waals surface area (Å²) >= 11 is 1.55. The number of rotatable bonds is 6. The summed E-state index contributed by atoms with van der Waals surface area (Å²) in [6.07, 6.45) is 0.674. The number of aromatic nitrogens is 2. The van der Waals surface area contributed by atoms with Gasteiger partial charge in [0.05, 0.1) is 4.88 Å². The Hall–Kier alpha value is -2.80. The van der Waals surface area contributed by atoms with Crippen LogP contribution in [0.15, 0.2) is 52.6 Å². The molecule has 1 amide bonds. The zero-order valence-corrected chi connectivity index (χ0v) is 15.1. The van der Waals surface area contributed by atoms with Crippen LogP contribution in [0, 0.1) is 12.7 Å². The predicted octanol–water partition coefficient (Wildman–Crippen LogP) is 3.84. The van der Waals surface area contributed by atoms with E-state index in [1.165, 1.54) is 16.8 Å². The van der Waals surface area contributed by atoms with Crippen LogP contribution in [0.2, 0.25) is 0 Å². The van der Waals surface area contributed by atoms with E-state index in [-0.39, 0.29) is 23.7 Å². The Morgan fingerprint density at radius 1 is 1.27 bits per heavy atom. The van der Waals surface area contributed by atoms with Gasteiger partial charge in [0, 0.05) is 24.7 Å². The van der Waals surface area contributed by atoms with Crippen molar-refractivity contribution in [2.24, 2.45) is 0 Å². The molecule has 0 aliphatic carbocycles. The van der Waals surface area contributed by atoms with Gasteiger partial charge in [0.2, 0.25) is 5.91 Å². The molecule has 0 saturated carbocycles. The normalized spacial score (nSPS) is 10.7. The molecule has 1 aromatic carbocycles. The first kappa shape index (κ1) is 18.0. The highest BCUT2D eigenvalue weighted by Crippen LogP contribution is 2.21. The fraction of sp³-hybridized carbons (Fsp3) is 0.211. The summed E-state index contributed by atoms with van der Waals surface area (Å²) < 4.78 is 14.9. The van der Waals surface area contributed by atoms with Crippen LogP contribution in [0.4, 0.5) is 10.1 Å². The number of halogens is 1. The number of benzene rings is 1. The van der Waals surface area contributed by atoms with Crippen LogP contribution in [0.3, 0.4) is 0 Å². The van der Waals surface area contributed by atoms with E-state index in [0.717, 1.165) is 10.6 Å². The van der Waals surface area contributed by atoms with Crippen molar-refractivity contribution in [3.05, 3.63) is 69.6 Å². The highest BCUT2D eigenvalue weighted by Gasteiger charge is 2.07. The van der Waals surface area contributed by atoms with Crippen molar-refractivity contribution < 1.29 is 9.18 Å². The van der Waals surface area contributed by atoms with Crippen LogP contribution in [0.1, 0.15) is 18.4 Å². The second kappa shape index (κ2) is 8.05. The zero-order valence-electron chi connectivity index (χ0n) is 14.2. The van der Waals surface area contributed by atoms with Gasteiger partial charge in [-0.25, -0.2) is 9.07 Å². The van der Waals surface area contributed by atoms with Crippen LogP contribution in [-0.2, 0) is 11.3 Å². The van der Waals surface area contributed by atoms with Crippen molar-refractivity contribution in [3.8, 4) is 10.6 Å². The van der Waals surface area contributed by atoms with E-state index in [4.69, 9.17) is 0 Å². The van der Waals surface area contributed by atoms with Crippen LogP contribution in [0.5, 0.6) is 0 Å². The topological polar surface area (TPSA) is 64.0 Å². The van der Waals surface area contributed by atoms with E-state index in [1.54, 1.807) is 36.5 Å². The molecule has 0 fully saturated rings. The molecular formula is C19H18FN3O2S. The van der Waals surface area contributed by atoms with Crippen molar-refractivity contribution in [1.29, 1.82) is 0 Å². The largest absolute Gasteiger partial charge is 0.326 e. The Morgan fingerprint density at radius 3 is 2.85 bits per heavy atom. The van der Waals surface area contributed by atoms with E-state index in [2.05, 4.69) is 10.4 Å². The zero-order chi connectivity index (χ0) is 18.5. The first-order chi connectivity index (χ1) is 12.5. The Balaban J connectivity index is 1.57. The monoisotopic (exact) mass is 371 g/mol. The average Bonchev–Trinajstić information content (AvgIpc) is 3.14. The second-order valence-corrected chi connectivity index (χ2v) is 6.82. The Morgan fingerprint density at radius 2 is 2.12 bits per heavy atom. The summed E-state index contributed by atoms with van der Waals surface area (Å²) in [5, 5.41) is 8.96. The molecule has 26 heavy (non-hydrogen) atoms. The molecule has 0 spiro atoms. The third-order valence-electron chi connectivity index (χ3n) is 3.87.